The van der Waals surface area contributed by atoms with Crippen molar-refractivity contribution in [1.82, 2.24) is 5.32 Å². The van der Waals surface area contributed by atoms with Crippen LogP contribution in [0.1, 0.15) is 52.9 Å². The first kappa shape index (κ1) is 15.8. The number of rotatable bonds is 4. The minimum Gasteiger partial charge on any atom is -0.299 e. The number of hydrogen-bond donors (Lipinski definition) is 1. The maximum Gasteiger partial charge on any atom is 0.106 e. The molecule has 0 aromatic carbocycles. The standard InChI is InChI=1S/C14H25N5/c1-13(2,3)12-5-4-7-14(11-15,8-6-12)17-9-10-18-19-16/h12,17H,4-10H2,1-3H3. The fraction of sp³-hybridized carbons (Fsp3) is 0.929. The second-order valence-corrected chi connectivity index (χ2v) is 6.57. The molecule has 0 saturated heterocycles. The van der Waals surface area contributed by atoms with Gasteiger partial charge in [-0.05, 0) is 42.5 Å². The zero-order valence-electron chi connectivity index (χ0n) is 12.3. The van der Waals surface area contributed by atoms with Crippen molar-refractivity contribution >= 4 is 0 Å². The van der Waals surface area contributed by atoms with Crippen molar-refractivity contribution in [3.05, 3.63) is 10.4 Å². The van der Waals surface area contributed by atoms with Crippen LogP contribution in [0.5, 0.6) is 0 Å². The van der Waals surface area contributed by atoms with Crippen LogP contribution in [-0.2, 0) is 0 Å². The Labute approximate surface area is 116 Å². The highest BCUT2D eigenvalue weighted by atomic mass is 15.1. The molecule has 1 saturated carbocycles. The van der Waals surface area contributed by atoms with Gasteiger partial charge >= 0.3 is 0 Å². The molecule has 1 aliphatic carbocycles. The summed E-state index contributed by atoms with van der Waals surface area (Å²) in [5.74, 6) is 0.682. The molecule has 19 heavy (non-hydrogen) atoms. The molecule has 106 valence electrons. The van der Waals surface area contributed by atoms with E-state index in [2.05, 4.69) is 42.2 Å². The maximum atomic E-state index is 9.50. The Hall–Kier alpha value is -1.24. The van der Waals surface area contributed by atoms with Crippen molar-refractivity contribution in [2.75, 3.05) is 13.1 Å². The minimum absolute atomic E-state index is 0.316. The van der Waals surface area contributed by atoms with Crippen LogP contribution in [0.3, 0.4) is 0 Å². The predicted molar refractivity (Wildman–Crippen MR) is 76.4 cm³/mol. The molecular formula is C14H25N5. The third-order valence-electron chi connectivity index (χ3n) is 4.25. The average molecular weight is 263 g/mol. The van der Waals surface area contributed by atoms with Crippen molar-refractivity contribution < 1.29 is 0 Å². The fourth-order valence-electron chi connectivity index (χ4n) is 2.92. The summed E-state index contributed by atoms with van der Waals surface area (Å²) in [6.45, 7) is 7.84. The Kier molecular flexibility index (Phi) is 5.65. The first-order valence-electron chi connectivity index (χ1n) is 7.11. The molecule has 1 aliphatic rings. The van der Waals surface area contributed by atoms with Crippen molar-refractivity contribution in [2.45, 2.75) is 58.4 Å². The maximum absolute atomic E-state index is 9.50. The van der Waals surface area contributed by atoms with Crippen molar-refractivity contribution in [3.8, 4) is 6.07 Å². The lowest BCUT2D eigenvalue weighted by molar-refractivity contribution is 0.211. The normalized spacial score (nSPS) is 28.0. The monoisotopic (exact) mass is 263 g/mol. The average Bonchev–Trinajstić information content (AvgIpc) is 2.57. The molecule has 1 fully saturated rings. The Balaban J connectivity index is 2.60. The second kappa shape index (κ2) is 6.79. The van der Waals surface area contributed by atoms with Gasteiger partial charge in [-0.25, -0.2) is 0 Å². The quantitative estimate of drug-likeness (QED) is 0.275. The lowest BCUT2D eigenvalue weighted by Gasteiger charge is -2.30. The van der Waals surface area contributed by atoms with E-state index >= 15 is 0 Å². The van der Waals surface area contributed by atoms with Crippen LogP contribution >= 0.6 is 0 Å². The highest BCUT2D eigenvalue weighted by molar-refractivity contribution is 5.08. The van der Waals surface area contributed by atoms with Crippen molar-refractivity contribution in [1.29, 1.82) is 5.26 Å². The molecule has 5 heteroatoms. The largest absolute Gasteiger partial charge is 0.299 e. The molecule has 0 heterocycles. The molecule has 0 amide bonds. The summed E-state index contributed by atoms with van der Waals surface area (Å²) in [6, 6.07) is 2.46. The molecule has 0 spiro atoms. The topological polar surface area (TPSA) is 84.6 Å². The summed E-state index contributed by atoms with van der Waals surface area (Å²) in [7, 11) is 0. The summed E-state index contributed by atoms with van der Waals surface area (Å²) in [5, 5.41) is 16.3. The van der Waals surface area contributed by atoms with E-state index in [0.717, 1.165) is 25.7 Å². The lowest BCUT2D eigenvalue weighted by atomic mass is 9.76. The van der Waals surface area contributed by atoms with Gasteiger partial charge in [0.1, 0.15) is 5.54 Å². The van der Waals surface area contributed by atoms with Gasteiger partial charge in [-0.1, -0.05) is 32.3 Å². The van der Waals surface area contributed by atoms with Crippen LogP contribution < -0.4 is 5.32 Å². The number of nitrogens with zero attached hydrogens (tertiary/aromatic N) is 4. The highest BCUT2D eigenvalue weighted by Crippen LogP contribution is 2.39. The van der Waals surface area contributed by atoms with Crippen molar-refractivity contribution in [3.63, 3.8) is 0 Å². The van der Waals surface area contributed by atoms with Gasteiger partial charge in [0, 0.05) is 18.0 Å². The summed E-state index contributed by atoms with van der Waals surface area (Å²) < 4.78 is 0. The van der Waals surface area contributed by atoms with E-state index in [-0.39, 0.29) is 0 Å². The van der Waals surface area contributed by atoms with E-state index in [1.54, 1.807) is 0 Å². The zero-order chi connectivity index (χ0) is 14.4. The zero-order valence-corrected chi connectivity index (χ0v) is 12.3. The predicted octanol–water partition coefficient (Wildman–Crippen LogP) is 3.78. The first-order valence-corrected chi connectivity index (χ1v) is 7.11. The molecule has 0 aromatic rings. The SMILES string of the molecule is CC(C)(C)C1CCCC(C#N)(NCCN=[N+]=[N-])CC1. The van der Waals surface area contributed by atoms with Gasteiger partial charge < -0.3 is 0 Å². The van der Waals surface area contributed by atoms with Gasteiger partial charge in [-0.3, -0.25) is 5.32 Å². The van der Waals surface area contributed by atoms with Crippen LogP contribution in [0.4, 0.5) is 0 Å². The van der Waals surface area contributed by atoms with E-state index in [4.69, 9.17) is 5.53 Å². The van der Waals surface area contributed by atoms with Gasteiger partial charge in [0.25, 0.3) is 0 Å². The number of nitrogens with one attached hydrogen (secondary N) is 1. The van der Waals surface area contributed by atoms with E-state index in [9.17, 15) is 5.26 Å². The summed E-state index contributed by atoms with van der Waals surface area (Å²) in [4.78, 5) is 2.73. The Morgan fingerprint density at radius 2 is 2.16 bits per heavy atom. The molecule has 0 radical (unpaired) electrons. The van der Waals surface area contributed by atoms with Crippen LogP contribution in [0.2, 0.25) is 0 Å². The molecule has 1 N–H and O–H groups in total. The molecular weight excluding hydrogens is 238 g/mol. The summed E-state index contributed by atoms with van der Waals surface area (Å²) in [6.07, 6.45) is 5.16. The van der Waals surface area contributed by atoms with Gasteiger partial charge in [0.2, 0.25) is 0 Å². The smallest absolute Gasteiger partial charge is 0.106 e. The molecule has 0 aliphatic heterocycles. The molecule has 0 bridgehead atoms. The van der Waals surface area contributed by atoms with Crippen LogP contribution in [0.15, 0.2) is 5.11 Å². The number of nitriles is 1. The second-order valence-electron chi connectivity index (χ2n) is 6.57. The number of azide groups is 1. The fourth-order valence-corrected chi connectivity index (χ4v) is 2.92. The van der Waals surface area contributed by atoms with Crippen molar-refractivity contribution in [2.24, 2.45) is 16.4 Å². The van der Waals surface area contributed by atoms with Crippen LogP contribution in [-0.4, -0.2) is 18.6 Å². The van der Waals surface area contributed by atoms with Crippen LogP contribution in [0, 0.1) is 22.7 Å². The molecule has 1 rings (SSSR count). The Morgan fingerprint density at radius 3 is 2.74 bits per heavy atom. The summed E-state index contributed by atoms with van der Waals surface area (Å²) >= 11 is 0. The molecule has 2 unspecified atom stereocenters. The lowest BCUT2D eigenvalue weighted by Crippen LogP contribution is -2.44. The van der Waals surface area contributed by atoms with E-state index in [1.165, 1.54) is 6.42 Å². The Bertz CT molecular complexity index is 372. The Morgan fingerprint density at radius 1 is 1.42 bits per heavy atom. The van der Waals surface area contributed by atoms with Gasteiger partial charge in [-0.15, -0.1) is 0 Å². The number of hydrogen-bond acceptors (Lipinski definition) is 3. The van der Waals surface area contributed by atoms with E-state index in [0.29, 0.717) is 24.4 Å². The van der Waals surface area contributed by atoms with Gasteiger partial charge in [0.05, 0.1) is 6.07 Å². The van der Waals surface area contributed by atoms with E-state index < -0.39 is 5.54 Å². The highest BCUT2D eigenvalue weighted by Gasteiger charge is 2.35. The van der Waals surface area contributed by atoms with Crippen LogP contribution in [0.25, 0.3) is 10.4 Å². The third kappa shape index (κ3) is 4.74. The van der Waals surface area contributed by atoms with E-state index in [1.807, 2.05) is 0 Å². The minimum atomic E-state index is -0.426. The summed E-state index contributed by atoms with van der Waals surface area (Å²) in [5.41, 5.74) is 8.15. The third-order valence-corrected chi connectivity index (χ3v) is 4.25. The van der Waals surface area contributed by atoms with Gasteiger partial charge in [-0.2, -0.15) is 5.26 Å². The first-order chi connectivity index (χ1) is 8.93. The molecule has 5 nitrogen and oxygen atoms in total. The molecule has 0 aromatic heterocycles. The molecule has 2 atom stereocenters. The van der Waals surface area contributed by atoms with Gasteiger partial charge in [0.15, 0.2) is 0 Å².